The van der Waals surface area contributed by atoms with Crippen molar-refractivity contribution < 1.29 is 4.79 Å². The molecular formula is C17H22BrN3O. The van der Waals surface area contributed by atoms with E-state index in [9.17, 15) is 4.79 Å². The smallest absolute Gasteiger partial charge is 0.247 e. The van der Waals surface area contributed by atoms with Crippen molar-refractivity contribution in [2.24, 2.45) is 0 Å². The third-order valence-corrected chi connectivity index (χ3v) is 4.56. The van der Waals surface area contributed by atoms with E-state index >= 15 is 0 Å². The summed E-state index contributed by atoms with van der Waals surface area (Å²) in [6, 6.07) is 7.70. The van der Waals surface area contributed by atoms with Gasteiger partial charge in [0.05, 0.1) is 5.69 Å². The number of nitrogens with zero attached hydrogens (tertiary/aromatic N) is 3. The predicted octanol–water partition coefficient (Wildman–Crippen LogP) is 4.05. The van der Waals surface area contributed by atoms with E-state index in [1.807, 2.05) is 63.1 Å². The fourth-order valence-electron chi connectivity index (χ4n) is 2.51. The summed E-state index contributed by atoms with van der Waals surface area (Å²) < 4.78 is 2.77. The van der Waals surface area contributed by atoms with Crippen LogP contribution in [0.3, 0.4) is 0 Å². The molecule has 1 atom stereocenters. The highest BCUT2D eigenvalue weighted by atomic mass is 79.9. The first-order chi connectivity index (χ1) is 10.5. The highest BCUT2D eigenvalue weighted by molar-refractivity contribution is 9.10. The van der Waals surface area contributed by atoms with Gasteiger partial charge in [-0.2, -0.15) is 5.10 Å². The standard InChI is InChI=1S/C17H22BrN3O/c1-5-20(6-2)17(22)13(4)21-11-12(3)16(19-21)14-9-7-8-10-15(14)18/h7-11,13H,5-6H2,1-4H3. The molecule has 0 aliphatic heterocycles. The minimum Gasteiger partial charge on any atom is -0.341 e. The molecule has 0 saturated carbocycles. The normalized spacial score (nSPS) is 12.2. The molecule has 5 heteroatoms. The van der Waals surface area contributed by atoms with Gasteiger partial charge in [0.25, 0.3) is 0 Å². The van der Waals surface area contributed by atoms with Gasteiger partial charge in [-0.05, 0) is 39.3 Å². The summed E-state index contributed by atoms with van der Waals surface area (Å²) in [7, 11) is 0. The van der Waals surface area contributed by atoms with Gasteiger partial charge in [0.2, 0.25) is 5.91 Å². The molecule has 0 N–H and O–H groups in total. The molecule has 0 spiro atoms. The Labute approximate surface area is 140 Å². The fraction of sp³-hybridized carbons (Fsp3) is 0.412. The number of amides is 1. The number of aromatic nitrogens is 2. The molecule has 0 bridgehead atoms. The molecule has 22 heavy (non-hydrogen) atoms. The summed E-state index contributed by atoms with van der Waals surface area (Å²) in [5, 5.41) is 4.65. The molecular weight excluding hydrogens is 342 g/mol. The van der Waals surface area contributed by atoms with E-state index in [1.54, 1.807) is 4.68 Å². The molecule has 2 aromatic rings. The SMILES string of the molecule is CCN(CC)C(=O)C(C)n1cc(C)c(-c2ccccc2Br)n1. The Morgan fingerprint density at radius 3 is 2.55 bits per heavy atom. The van der Waals surface area contributed by atoms with Gasteiger partial charge < -0.3 is 4.90 Å². The van der Waals surface area contributed by atoms with Crippen LogP contribution >= 0.6 is 15.9 Å². The summed E-state index contributed by atoms with van der Waals surface area (Å²) in [5.74, 6) is 0.103. The third kappa shape index (κ3) is 3.24. The Bertz CT molecular complexity index is 662. The third-order valence-electron chi connectivity index (χ3n) is 3.87. The maximum Gasteiger partial charge on any atom is 0.247 e. The molecule has 1 aromatic heterocycles. The molecule has 0 saturated heterocycles. The fourth-order valence-corrected chi connectivity index (χ4v) is 2.99. The number of rotatable bonds is 5. The molecule has 118 valence electrons. The van der Waals surface area contributed by atoms with Crippen molar-refractivity contribution in [3.8, 4) is 11.3 Å². The lowest BCUT2D eigenvalue weighted by molar-refractivity contribution is -0.134. The van der Waals surface area contributed by atoms with E-state index in [-0.39, 0.29) is 11.9 Å². The first kappa shape index (κ1) is 16.7. The average Bonchev–Trinajstić information content (AvgIpc) is 2.90. The van der Waals surface area contributed by atoms with Crippen molar-refractivity contribution in [1.29, 1.82) is 0 Å². The number of halogens is 1. The van der Waals surface area contributed by atoms with Crippen LogP contribution in [0.25, 0.3) is 11.3 Å². The minimum atomic E-state index is -0.296. The molecule has 1 unspecified atom stereocenters. The molecule has 0 aliphatic rings. The van der Waals surface area contributed by atoms with Crippen molar-refractivity contribution in [2.45, 2.75) is 33.7 Å². The Balaban J connectivity index is 2.34. The van der Waals surface area contributed by atoms with Gasteiger partial charge in [-0.1, -0.05) is 34.1 Å². The van der Waals surface area contributed by atoms with Gasteiger partial charge in [0, 0.05) is 29.3 Å². The summed E-state index contributed by atoms with van der Waals surface area (Å²) in [5.41, 5.74) is 3.01. The number of benzene rings is 1. The van der Waals surface area contributed by atoms with E-state index < -0.39 is 0 Å². The molecule has 0 aliphatic carbocycles. The van der Waals surface area contributed by atoms with Crippen LogP contribution in [0.15, 0.2) is 34.9 Å². The summed E-state index contributed by atoms with van der Waals surface area (Å²) in [4.78, 5) is 14.3. The number of aryl methyl sites for hydroxylation is 1. The number of carbonyl (C=O) groups is 1. The predicted molar refractivity (Wildman–Crippen MR) is 92.7 cm³/mol. The molecule has 0 radical (unpaired) electrons. The quantitative estimate of drug-likeness (QED) is 0.803. The highest BCUT2D eigenvalue weighted by Crippen LogP contribution is 2.29. The molecule has 1 heterocycles. The largest absolute Gasteiger partial charge is 0.341 e. The summed E-state index contributed by atoms with van der Waals surface area (Å²) in [6.07, 6.45) is 1.95. The van der Waals surface area contributed by atoms with E-state index in [0.29, 0.717) is 0 Å². The number of carbonyl (C=O) groups excluding carboxylic acids is 1. The van der Waals surface area contributed by atoms with E-state index in [4.69, 9.17) is 0 Å². The van der Waals surface area contributed by atoms with Crippen LogP contribution in [0.2, 0.25) is 0 Å². The number of hydrogen-bond donors (Lipinski definition) is 0. The van der Waals surface area contributed by atoms with Gasteiger partial charge in [-0.3, -0.25) is 9.48 Å². The van der Waals surface area contributed by atoms with Gasteiger partial charge >= 0.3 is 0 Å². The van der Waals surface area contributed by atoms with Crippen LogP contribution in [0, 0.1) is 6.92 Å². The maximum absolute atomic E-state index is 12.5. The Morgan fingerprint density at radius 1 is 1.32 bits per heavy atom. The van der Waals surface area contributed by atoms with Crippen molar-refractivity contribution in [3.63, 3.8) is 0 Å². The van der Waals surface area contributed by atoms with Gasteiger partial charge in [-0.25, -0.2) is 0 Å². The Kier molecular flexibility index (Phi) is 5.40. The lowest BCUT2D eigenvalue weighted by Gasteiger charge is -2.22. The van der Waals surface area contributed by atoms with Crippen molar-refractivity contribution >= 4 is 21.8 Å². The van der Waals surface area contributed by atoms with Crippen LogP contribution in [-0.2, 0) is 4.79 Å². The summed E-state index contributed by atoms with van der Waals surface area (Å²) >= 11 is 3.56. The van der Waals surface area contributed by atoms with Crippen LogP contribution in [0.5, 0.6) is 0 Å². The van der Waals surface area contributed by atoms with Crippen LogP contribution in [0.4, 0.5) is 0 Å². The minimum absolute atomic E-state index is 0.103. The van der Waals surface area contributed by atoms with Crippen LogP contribution in [-0.4, -0.2) is 33.7 Å². The molecule has 0 fully saturated rings. The van der Waals surface area contributed by atoms with E-state index in [0.717, 1.165) is 34.4 Å². The zero-order chi connectivity index (χ0) is 16.3. The molecule has 4 nitrogen and oxygen atoms in total. The second-order valence-electron chi connectivity index (χ2n) is 5.31. The van der Waals surface area contributed by atoms with Gasteiger partial charge in [0.1, 0.15) is 6.04 Å². The van der Waals surface area contributed by atoms with Crippen LogP contribution in [0.1, 0.15) is 32.4 Å². The van der Waals surface area contributed by atoms with Crippen molar-refractivity contribution in [1.82, 2.24) is 14.7 Å². The lowest BCUT2D eigenvalue weighted by atomic mass is 10.1. The first-order valence-electron chi connectivity index (χ1n) is 7.59. The van der Waals surface area contributed by atoms with Crippen molar-refractivity contribution in [3.05, 3.63) is 40.5 Å². The van der Waals surface area contributed by atoms with E-state index in [2.05, 4.69) is 21.0 Å². The molecule has 2 rings (SSSR count). The highest BCUT2D eigenvalue weighted by Gasteiger charge is 2.22. The summed E-state index contributed by atoms with van der Waals surface area (Å²) in [6.45, 7) is 9.35. The zero-order valence-electron chi connectivity index (χ0n) is 13.5. The topological polar surface area (TPSA) is 38.1 Å². The van der Waals surface area contributed by atoms with Crippen LogP contribution < -0.4 is 0 Å². The second kappa shape index (κ2) is 7.09. The first-order valence-corrected chi connectivity index (χ1v) is 8.38. The number of hydrogen-bond acceptors (Lipinski definition) is 2. The van der Waals surface area contributed by atoms with Gasteiger partial charge in [0.15, 0.2) is 0 Å². The van der Waals surface area contributed by atoms with E-state index in [1.165, 1.54) is 0 Å². The Morgan fingerprint density at radius 2 is 1.95 bits per heavy atom. The molecule has 1 aromatic carbocycles. The number of likely N-dealkylation sites (N-methyl/N-ethyl adjacent to an activating group) is 1. The zero-order valence-corrected chi connectivity index (χ0v) is 15.1. The average molecular weight is 364 g/mol. The monoisotopic (exact) mass is 363 g/mol. The van der Waals surface area contributed by atoms with Crippen molar-refractivity contribution in [2.75, 3.05) is 13.1 Å². The lowest BCUT2D eigenvalue weighted by Crippen LogP contribution is -2.36. The maximum atomic E-state index is 12.5. The second-order valence-corrected chi connectivity index (χ2v) is 6.16. The molecule has 1 amide bonds. The Hall–Kier alpha value is -1.62. The van der Waals surface area contributed by atoms with Gasteiger partial charge in [-0.15, -0.1) is 0 Å².